The second-order valence-electron chi connectivity index (χ2n) is 11.0. The number of aromatic nitrogens is 2. The lowest BCUT2D eigenvalue weighted by Crippen LogP contribution is -2.42. The van der Waals surface area contributed by atoms with Gasteiger partial charge in [0.05, 0.1) is 17.6 Å². The fourth-order valence-corrected chi connectivity index (χ4v) is 6.45. The highest BCUT2D eigenvalue weighted by Crippen LogP contribution is 2.39. The average molecular weight is 501 g/mol. The van der Waals surface area contributed by atoms with E-state index in [1.807, 2.05) is 20.2 Å². The van der Waals surface area contributed by atoms with E-state index >= 15 is 0 Å². The molecule has 3 atom stereocenters. The lowest BCUT2D eigenvalue weighted by molar-refractivity contribution is -0.141. The number of aryl methyl sites for hydroxylation is 1. The Bertz CT molecular complexity index is 1260. The Morgan fingerprint density at radius 3 is 2.65 bits per heavy atom. The summed E-state index contributed by atoms with van der Waals surface area (Å²) in [5, 5.41) is 4.29. The molecule has 1 saturated heterocycles. The summed E-state index contributed by atoms with van der Waals surface area (Å²) < 4.78 is 2.15. The van der Waals surface area contributed by atoms with E-state index in [4.69, 9.17) is 4.98 Å². The number of hydrogen-bond donors (Lipinski definition) is 1. The van der Waals surface area contributed by atoms with Crippen molar-refractivity contribution in [3.63, 3.8) is 0 Å². The van der Waals surface area contributed by atoms with Crippen LogP contribution >= 0.6 is 0 Å². The lowest BCUT2D eigenvalue weighted by Gasteiger charge is -2.35. The van der Waals surface area contributed by atoms with E-state index in [2.05, 4.69) is 64.3 Å². The Labute approximate surface area is 220 Å². The maximum absolute atomic E-state index is 14.1. The molecule has 1 saturated carbocycles. The number of para-hydroxylation sites is 1. The van der Waals surface area contributed by atoms with Crippen LogP contribution in [0.4, 0.5) is 0 Å². The molecule has 6 heteroatoms. The van der Waals surface area contributed by atoms with Gasteiger partial charge in [-0.05, 0) is 81.8 Å². The molecular formula is C31H40N4O2. The predicted molar refractivity (Wildman–Crippen MR) is 148 cm³/mol. The summed E-state index contributed by atoms with van der Waals surface area (Å²) >= 11 is 0. The molecule has 3 heterocycles. The van der Waals surface area contributed by atoms with E-state index in [9.17, 15) is 9.59 Å². The molecule has 1 aliphatic heterocycles. The summed E-state index contributed by atoms with van der Waals surface area (Å²) in [6.07, 6.45) is 11.9. The molecule has 2 fully saturated rings. The number of carbonyl (C=O) groups is 2. The number of Topliss-reactive ketones (excluding diaryl/α,β-unsaturated/α-hetero) is 1. The minimum Gasteiger partial charge on any atom is -0.335 e. The molecule has 0 spiro atoms. The number of amides is 1. The minimum atomic E-state index is -0.226. The number of likely N-dealkylation sites (tertiary alicyclic amines) is 1. The standard InChI is InChI=1S/C31H40N4O2/c1-21-20-35(28-13-8-7-12-25(21)28)30-18-24(15-16-33-30)27-14-9-17-34(27)31(37)26(19-29(36)22(2)32-3)23-10-5-4-6-11-23/h7-8,12-13,15-16,18,20,22-23,26-27,32H,4-6,9-11,14,17,19H2,1-3H3. The number of nitrogens with zero attached hydrogens (tertiary/aromatic N) is 3. The van der Waals surface area contributed by atoms with Crippen LogP contribution in [0.25, 0.3) is 16.7 Å². The summed E-state index contributed by atoms with van der Waals surface area (Å²) in [5.74, 6) is 1.28. The van der Waals surface area contributed by atoms with Crippen molar-refractivity contribution in [3.8, 4) is 5.82 Å². The van der Waals surface area contributed by atoms with Gasteiger partial charge < -0.3 is 14.8 Å². The van der Waals surface area contributed by atoms with Crippen molar-refractivity contribution in [2.24, 2.45) is 11.8 Å². The van der Waals surface area contributed by atoms with Crippen LogP contribution in [0.3, 0.4) is 0 Å². The third kappa shape index (κ3) is 5.22. The van der Waals surface area contributed by atoms with Crippen LogP contribution in [-0.4, -0.2) is 45.8 Å². The van der Waals surface area contributed by atoms with Gasteiger partial charge in [-0.25, -0.2) is 4.98 Å². The van der Waals surface area contributed by atoms with Crippen LogP contribution in [0.2, 0.25) is 0 Å². The maximum Gasteiger partial charge on any atom is 0.226 e. The van der Waals surface area contributed by atoms with Gasteiger partial charge in [0, 0.05) is 36.7 Å². The molecule has 3 aromatic rings. The van der Waals surface area contributed by atoms with Gasteiger partial charge in [0.25, 0.3) is 0 Å². The van der Waals surface area contributed by atoms with Crippen LogP contribution in [0.15, 0.2) is 48.8 Å². The topological polar surface area (TPSA) is 67.2 Å². The highest BCUT2D eigenvalue weighted by atomic mass is 16.2. The number of carbonyl (C=O) groups excluding carboxylic acids is 2. The van der Waals surface area contributed by atoms with Crippen LogP contribution in [0.1, 0.15) is 75.5 Å². The molecule has 5 rings (SSSR count). The van der Waals surface area contributed by atoms with Crippen molar-refractivity contribution in [2.75, 3.05) is 13.6 Å². The van der Waals surface area contributed by atoms with E-state index < -0.39 is 0 Å². The molecule has 1 N–H and O–H groups in total. The number of likely N-dealkylation sites (N-methyl/N-ethyl adjacent to an activating group) is 1. The van der Waals surface area contributed by atoms with Crippen molar-refractivity contribution < 1.29 is 9.59 Å². The molecule has 3 unspecified atom stereocenters. The van der Waals surface area contributed by atoms with Gasteiger partial charge in [-0.15, -0.1) is 0 Å². The summed E-state index contributed by atoms with van der Waals surface area (Å²) in [6, 6.07) is 12.4. The molecule has 196 valence electrons. The van der Waals surface area contributed by atoms with Crippen molar-refractivity contribution in [2.45, 2.75) is 77.3 Å². The number of nitrogens with one attached hydrogen (secondary N) is 1. The van der Waals surface area contributed by atoms with E-state index in [-0.39, 0.29) is 29.7 Å². The van der Waals surface area contributed by atoms with Gasteiger partial charge in [-0.3, -0.25) is 9.59 Å². The highest BCUT2D eigenvalue weighted by molar-refractivity contribution is 5.90. The number of ketones is 1. The largest absolute Gasteiger partial charge is 0.335 e. The Morgan fingerprint density at radius 1 is 1.08 bits per heavy atom. The number of hydrogen-bond acceptors (Lipinski definition) is 4. The Morgan fingerprint density at radius 2 is 1.86 bits per heavy atom. The molecule has 1 amide bonds. The second-order valence-corrected chi connectivity index (χ2v) is 11.0. The second kappa shape index (κ2) is 11.2. The number of pyridine rings is 1. The molecule has 6 nitrogen and oxygen atoms in total. The average Bonchev–Trinajstić information content (AvgIpc) is 3.57. The summed E-state index contributed by atoms with van der Waals surface area (Å²) in [4.78, 5) is 33.9. The Balaban J connectivity index is 1.43. The minimum absolute atomic E-state index is 0.0279. The van der Waals surface area contributed by atoms with Crippen molar-refractivity contribution >= 4 is 22.6 Å². The first-order chi connectivity index (χ1) is 18.0. The first-order valence-electron chi connectivity index (χ1n) is 14.0. The molecule has 1 aromatic carbocycles. The predicted octanol–water partition coefficient (Wildman–Crippen LogP) is 5.76. The molecular weight excluding hydrogens is 460 g/mol. The number of fused-ring (bicyclic) bond motifs is 1. The van der Waals surface area contributed by atoms with Crippen LogP contribution in [-0.2, 0) is 9.59 Å². The van der Waals surface area contributed by atoms with E-state index in [0.29, 0.717) is 12.3 Å². The molecule has 37 heavy (non-hydrogen) atoms. The monoisotopic (exact) mass is 500 g/mol. The smallest absolute Gasteiger partial charge is 0.226 e. The van der Waals surface area contributed by atoms with Gasteiger partial charge in [-0.1, -0.05) is 37.5 Å². The van der Waals surface area contributed by atoms with Gasteiger partial charge in [0.2, 0.25) is 5.91 Å². The van der Waals surface area contributed by atoms with Crippen LogP contribution in [0.5, 0.6) is 0 Å². The number of rotatable bonds is 8. The Kier molecular flexibility index (Phi) is 7.75. The maximum atomic E-state index is 14.1. The van der Waals surface area contributed by atoms with Crippen molar-refractivity contribution in [1.29, 1.82) is 0 Å². The van der Waals surface area contributed by atoms with Gasteiger partial charge in [0.15, 0.2) is 0 Å². The van der Waals surface area contributed by atoms with E-state index in [1.165, 1.54) is 17.4 Å². The molecule has 2 aliphatic rings. The van der Waals surface area contributed by atoms with E-state index in [0.717, 1.165) is 62.0 Å². The zero-order valence-corrected chi connectivity index (χ0v) is 22.5. The number of benzene rings is 1. The first-order valence-corrected chi connectivity index (χ1v) is 14.0. The molecule has 0 bridgehead atoms. The third-order valence-electron chi connectivity index (χ3n) is 8.72. The Hall–Kier alpha value is -2.99. The summed E-state index contributed by atoms with van der Waals surface area (Å²) in [6.45, 7) is 4.78. The zero-order chi connectivity index (χ0) is 25.9. The fourth-order valence-electron chi connectivity index (χ4n) is 6.45. The zero-order valence-electron chi connectivity index (χ0n) is 22.5. The SMILES string of the molecule is CNC(C)C(=O)CC(C(=O)N1CCCC1c1ccnc(-n2cc(C)c3ccccc32)c1)C1CCCCC1. The highest BCUT2D eigenvalue weighted by Gasteiger charge is 2.39. The van der Waals surface area contributed by atoms with Crippen LogP contribution < -0.4 is 5.32 Å². The summed E-state index contributed by atoms with van der Waals surface area (Å²) in [7, 11) is 1.81. The van der Waals surface area contributed by atoms with E-state index in [1.54, 1.807) is 0 Å². The third-order valence-corrected chi connectivity index (χ3v) is 8.72. The summed E-state index contributed by atoms with van der Waals surface area (Å²) in [5.41, 5.74) is 3.48. The quantitative estimate of drug-likeness (QED) is 0.427. The molecule has 2 aromatic heterocycles. The molecule has 0 radical (unpaired) electrons. The van der Waals surface area contributed by atoms with Gasteiger partial charge >= 0.3 is 0 Å². The van der Waals surface area contributed by atoms with Gasteiger partial charge in [-0.2, -0.15) is 0 Å². The molecule has 1 aliphatic carbocycles. The van der Waals surface area contributed by atoms with Crippen molar-refractivity contribution in [3.05, 3.63) is 59.9 Å². The normalized spacial score (nSPS) is 20.3. The fraction of sp³-hybridized carbons (Fsp3) is 0.516. The first kappa shape index (κ1) is 25.7. The lowest BCUT2D eigenvalue weighted by atomic mass is 9.76. The van der Waals surface area contributed by atoms with Gasteiger partial charge in [0.1, 0.15) is 11.6 Å². The van der Waals surface area contributed by atoms with Crippen molar-refractivity contribution in [1.82, 2.24) is 19.8 Å². The van der Waals surface area contributed by atoms with Crippen LogP contribution in [0, 0.1) is 18.8 Å².